The number of amides is 1. The highest BCUT2D eigenvalue weighted by atomic mass is 32.2. The fourth-order valence-corrected chi connectivity index (χ4v) is 3.60. The van der Waals surface area contributed by atoms with Crippen LogP contribution in [0.25, 0.3) is 0 Å². The molecule has 5 nitrogen and oxygen atoms in total. The number of carboxylic acids is 1. The average molecular weight is 323 g/mol. The van der Waals surface area contributed by atoms with E-state index >= 15 is 0 Å². The zero-order valence-corrected chi connectivity index (χ0v) is 13.4. The van der Waals surface area contributed by atoms with E-state index in [2.05, 4.69) is 5.32 Å². The van der Waals surface area contributed by atoms with Crippen LogP contribution in [0.3, 0.4) is 0 Å². The van der Waals surface area contributed by atoms with E-state index in [9.17, 15) is 9.59 Å². The Morgan fingerprint density at radius 1 is 1.36 bits per heavy atom. The molecule has 1 amide bonds. The summed E-state index contributed by atoms with van der Waals surface area (Å²) in [4.78, 5) is 24.1. The van der Waals surface area contributed by atoms with Gasteiger partial charge in [-0.3, -0.25) is 9.59 Å². The van der Waals surface area contributed by atoms with E-state index in [1.165, 1.54) is 11.8 Å². The molecule has 0 aliphatic heterocycles. The van der Waals surface area contributed by atoms with Gasteiger partial charge >= 0.3 is 5.97 Å². The summed E-state index contributed by atoms with van der Waals surface area (Å²) >= 11 is 1.42. The zero-order chi connectivity index (χ0) is 16.0. The normalized spacial score (nSPS) is 16.2. The van der Waals surface area contributed by atoms with Crippen LogP contribution in [0.4, 0.5) is 0 Å². The van der Waals surface area contributed by atoms with Crippen LogP contribution in [-0.4, -0.2) is 35.4 Å². The smallest absolute Gasteiger partial charge is 0.305 e. The lowest BCUT2D eigenvalue weighted by Crippen LogP contribution is -2.48. The Labute approximate surface area is 134 Å². The van der Waals surface area contributed by atoms with Crippen molar-refractivity contribution >= 4 is 23.6 Å². The molecule has 1 saturated carbocycles. The van der Waals surface area contributed by atoms with Gasteiger partial charge in [0.05, 0.1) is 24.8 Å². The Bertz CT molecular complexity index is 541. The predicted octanol–water partition coefficient (Wildman–Crippen LogP) is 2.69. The van der Waals surface area contributed by atoms with E-state index in [0.29, 0.717) is 0 Å². The van der Waals surface area contributed by atoms with Crippen LogP contribution in [0.2, 0.25) is 0 Å². The van der Waals surface area contributed by atoms with Gasteiger partial charge in [-0.05, 0) is 31.0 Å². The Morgan fingerprint density at radius 2 is 2.09 bits per heavy atom. The number of nitrogens with one attached hydrogen (secondary N) is 1. The summed E-state index contributed by atoms with van der Waals surface area (Å²) in [7, 11) is 1.60. The van der Waals surface area contributed by atoms with E-state index in [1.54, 1.807) is 7.11 Å². The monoisotopic (exact) mass is 323 g/mol. The van der Waals surface area contributed by atoms with Gasteiger partial charge in [0.25, 0.3) is 0 Å². The number of hydrogen-bond donors (Lipinski definition) is 2. The first-order chi connectivity index (χ1) is 10.5. The van der Waals surface area contributed by atoms with Crippen molar-refractivity contribution in [2.24, 2.45) is 0 Å². The number of methoxy groups -OCH3 is 1. The molecule has 1 aliphatic rings. The second-order valence-electron chi connectivity index (χ2n) is 5.57. The van der Waals surface area contributed by atoms with Gasteiger partial charge in [0, 0.05) is 4.90 Å². The fourth-order valence-electron chi connectivity index (χ4n) is 2.86. The molecule has 0 aromatic heterocycles. The molecule has 1 aliphatic carbocycles. The van der Waals surface area contributed by atoms with Crippen LogP contribution in [0.5, 0.6) is 5.75 Å². The lowest BCUT2D eigenvalue weighted by atomic mass is 9.93. The first-order valence-electron chi connectivity index (χ1n) is 7.33. The molecule has 6 heteroatoms. The molecular weight excluding hydrogens is 302 g/mol. The molecule has 0 saturated heterocycles. The second kappa shape index (κ2) is 7.54. The molecule has 0 unspecified atom stereocenters. The second-order valence-corrected chi connectivity index (χ2v) is 6.62. The van der Waals surface area contributed by atoms with Crippen LogP contribution in [0.1, 0.15) is 32.1 Å². The predicted molar refractivity (Wildman–Crippen MR) is 85.3 cm³/mol. The molecule has 0 radical (unpaired) electrons. The van der Waals surface area contributed by atoms with Crippen LogP contribution in [0, 0.1) is 0 Å². The minimum atomic E-state index is -0.859. The van der Waals surface area contributed by atoms with Gasteiger partial charge in [0.2, 0.25) is 5.91 Å². The first kappa shape index (κ1) is 16.7. The number of carboxylic acid groups (broad SMARTS) is 1. The van der Waals surface area contributed by atoms with E-state index in [1.807, 2.05) is 24.3 Å². The lowest BCUT2D eigenvalue weighted by molar-refractivity contribution is -0.139. The molecule has 0 heterocycles. The van der Waals surface area contributed by atoms with Crippen molar-refractivity contribution in [3.05, 3.63) is 24.3 Å². The van der Waals surface area contributed by atoms with Gasteiger partial charge in [-0.15, -0.1) is 11.8 Å². The van der Waals surface area contributed by atoms with Crippen LogP contribution in [-0.2, 0) is 9.59 Å². The highest BCUT2D eigenvalue weighted by Crippen LogP contribution is 2.33. The van der Waals surface area contributed by atoms with E-state index < -0.39 is 11.5 Å². The van der Waals surface area contributed by atoms with E-state index in [4.69, 9.17) is 9.84 Å². The SMILES string of the molecule is COc1cccc(SCC(=O)NC2(CC(=O)O)CCCC2)c1. The van der Waals surface area contributed by atoms with Gasteiger partial charge in [-0.2, -0.15) is 0 Å². The minimum absolute atomic E-state index is 0.00255. The van der Waals surface area contributed by atoms with Gasteiger partial charge in [-0.1, -0.05) is 18.9 Å². The van der Waals surface area contributed by atoms with Gasteiger partial charge in [-0.25, -0.2) is 0 Å². The van der Waals surface area contributed by atoms with Crippen LogP contribution < -0.4 is 10.1 Å². The van der Waals surface area contributed by atoms with Crippen molar-refractivity contribution < 1.29 is 19.4 Å². The standard InChI is InChI=1S/C16H21NO4S/c1-21-12-5-4-6-13(9-12)22-11-14(18)17-16(10-15(19)20)7-2-3-8-16/h4-6,9H,2-3,7-8,10-11H2,1H3,(H,17,18)(H,19,20). The molecule has 22 heavy (non-hydrogen) atoms. The number of ether oxygens (including phenoxy) is 1. The summed E-state index contributed by atoms with van der Waals surface area (Å²) in [5.74, 6) is 0.0521. The summed E-state index contributed by atoms with van der Waals surface area (Å²) in [6.07, 6.45) is 3.43. The van der Waals surface area contributed by atoms with Crippen LogP contribution >= 0.6 is 11.8 Å². The summed E-state index contributed by atoms with van der Waals surface area (Å²) in [6.45, 7) is 0. The molecule has 2 rings (SSSR count). The van der Waals surface area contributed by atoms with Gasteiger partial charge in [0.15, 0.2) is 0 Å². The number of rotatable bonds is 7. The molecular formula is C16H21NO4S. The van der Waals surface area contributed by atoms with Crippen molar-refractivity contribution in [2.75, 3.05) is 12.9 Å². The Kier molecular flexibility index (Phi) is 5.71. The maximum atomic E-state index is 12.2. The zero-order valence-electron chi connectivity index (χ0n) is 12.6. The van der Waals surface area contributed by atoms with Crippen molar-refractivity contribution in [3.63, 3.8) is 0 Å². The van der Waals surface area contributed by atoms with Crippen molar-refractivity contribution in [1.29, 1.82) is 0 Å². The Balaban J connectivity index is 1.89. The molecule has 120 valence electrons. The minimum Gasteiger partial charge on any atom is -0.497 e. The number of aliphatic carboxylic acids is 1. The number of thioether (sulfide) groups is 1. The third-order valence-electron chi connectivity index (χ3n) is 3.87. The molecule has 0 bridgehead atoms. The molecule has 0 atom stereocenters. The number of carbonyl (C=O) groups excluding carboxylic acids is 1. The Hall–Kier alpha value is -1.69. The molecule has 1 aromatic carbocycles. The molecule has 2 N–H and O–H groups in total. The van der Waals surface area contributed by atoms with E-state index in [0.717, 1.165) is 36.3 Å². The van der Waals surface area contributed by atoms with Gasteiger partial charge in [0.1, 0.15) is 5.75 Å². The lowest BCUT2D eigenvalue weighted by Gasteiger charge is -2.28. The number of benzene rings is 1. The summed E-state index contributed by atoms with van der Waals surface area (Å²) in [5, 5.41) is 12.0. The highest BCUT2D eigenvalue weighted by Gasteiger charge is 2.37. The average Bonchev–Trinajstić information content (AvgIpc) is 2.92. The summed E-state index contributed by atoms with van der Waals surface area (Å²) in [5.41, 5.74) is -0.558. The van der Waals surface area contributed by atoms with Gasteiger partial charge < -0.3 is 15.2 Å². The first-order valence-corrected chi connectivity index (χ1v) is 8.31. The maximum Gasteiger partial charge on any atom is 0.305 e. The molecule has 1 aromatic rings. The van der Waals surface area contributed by atoms with Crippen molar-refractivity contribution in [3.8, 4) is 5.75 Å². The summed E-state index contributed by atoms with van der Waals surface area (Å²) < 4.78 is 5.15. The summed E-state index contributed by atoms with van der Waals surface area (Å²) in [6, 6.07) is 7.52. The molecule has 1 fully saturated rings. The third kappa shape index (κ3) is 4.66. The number of hydrogen-bond acceptors (Lipinski definition) is 4. The topological polar surface area (TPSA) is 75.6 Å². The fraction of sp³-hybridized carbons (Fsp3) is 0.500. The van der Waals surface area contributed by atoms with Crippen LogP contribution in [0.15, 0.2) is 29.2 Å². The van der Waals surface area contributed by atoms with E-state index in [-0.39, 0.29) is 18.1 Å². The molecule has 0 spiro atoms. The maximum absolute atomic E-state index is 12.2. The number of carbonyl (C=O) groups is 2. The van der Waals surface area contributed by atoms with Crippen molar-refractivity contribution in [1.82, 2.24) is 5.32 Å². The third-order valence-corrected chi connectivity index (χ3v) is 4.86. The Morgan fingerprint density at radius 3 is 2.73 bits per heavy atom. The van der Waals surface area contributed by atoms with Crippen molar-refractivity contribution in [2.45, 2.75) is 42.5 Å². The quantitative estimate of drug-likeness (QED) is 0.755. The largest absolute Gasteiger partial charge is 0.497 e. The highest BCUT2D eigenvalue weighted by molar-refractivity contribution is 8.00.